The summed E-state index contributed by atoms with van der Waals surface area (Å²) in [7, 11) is 0. The molecule has 0 radical (unpaired) electrons. The van der Waals surface area contributed by atoms with Gasteiger partial charge in [-0.15, -0.1) is 0 Å². The molecule has 3 N–H and O–H groups in total. The van der Waals surface area contributed by atoms with Gasteiger partial charge >= 0.3 is 5.97 Å². The monoisotopic (exact) mass is 292 g/mol. The molecule has 0 aliphatic carbocycles. The molecule has 1 heterocycles. The van der Waals surface area contributed by atoms with Gasteiger partial charge in [-0.1, -0.05) is 0 Å². The number of imide groups is 1. The topological polar surface area (TPSA) is 113 Å². The molecule has 7 nitrogen and oxygen atoms in total. The summed E-state index contributed by atoms with van der Waals surface area (Å²) >= 11 is 0.642. The summed E-state index contributed by atoms with van der Waals surface area (Å²) in [6, 6.07) is 5.52. The Bertz CT molecular complexity index is 636. The second kappa shape index (κ2) is 5.57. The largest absolute Gasteiger partial charge is 0.478 e. The van der Waals surface area contributed by atoms with E-state index in [4.69, 9.17) is 5.11 Å². The van der Waals surface area contributed by atoms with Crippen LogP contribution in [-0.2, 0) is 9.59 Å². The Labute approximate surface area is 117 Å². The van der Waals surface area contributed by atoms with Crippen molar-refractivity contribution >= 4 is 40.5 Å². The van der Waals surface area contributed by atoms with Gasteiger partial charge in [0.1, 0.15) is 0 Å². The average Bonchev–Trinajstić information content (AvgIpc) is 2.68. The first-order valence-electron chi connectivity index (χ1n) is 5.35. The molecule has 2 rings (SSSR count). The summed E-state index contributed by atoms with van der Waals surface area (Å²) in [6.45, 7) is 0. The fraction of sp³-hybridized carbons (Fsp3) is 0. The maximum Gasteiger partial charge on any atom is 0.335 e. The lowest BCUT2D eigenvalue weighted by molar-refractivity contribution is -0.116. The first kappa shape index (κ1) is 13.8. The van der Waals surface area contributed by atoms with Gasteiger partial charge in [0.05, 0.1) is 10.5 Å². The standard InChI is InChI=1S/C12H8N2O5S/c15-9(5-8-10(16)14-12(19)20-8)13-7-3-1-6(2-4-7)11(17)18/h1-5H,(H,13,15)(H,17,18)(H,14,16,19)/b8-5+. The number of hydrogen-bond donors (Lipinski definition) is 3. The minimum atomic E-state index is -1.07. The third kappa shape index (κ3) is 3.23. The molecule has 0 unspecified atom stereocenters. The number of benzene rings is 1. The van der Waals surface area contributed by atoms with Crippen molar-refractivity contribution in [2.45, 2.75) is 0 Å². The van der Waals surface area contributed by atoms with Gasteiger partial charge in [-0.3, -0.25) is 19.7 Å². The van der Waals surface area contributed by atoms with E-state index in [-0.39, 0.29) is 10.5 Å². The van der Waals surface area contributed by atoms with Gasteiger partial charge in [0.25, 0.3) is 11.1 Å². The van der Waals surface area contributed by atoms with Crippen LogP contribution in [0.15, 0.2) is 35.2 Å². The van der Waals surface area contributed by atoms with Crippen LogP contribution in [0, 0.1) is 0 Å². The Morgan fingerprint density at radius 1 is 1.20 bits per heavy atom. The van der Waals surface area contributed by atoms with E-state index < -0.39 is 23.0 Å². The number of thioether (sulfide) groups is 1. The minimum Gasteiger partial charge on any atom is -0.478 e. The van der Waals surface area contributed by atoms with Gasteiger partial charge < -0.3 is 10.4 Å². The molecule has 1 fully saturated rings. The summed E-state index contributed by atoms with van der Waals surface area (Å²) in [5, 5.41) is 12.7. The number of carbonyl (C=O) groups excluding carboxylic acids is 3. The molecular formula is C12H8N2O5S. The summed E-state index contributed by atoms with van der Waals surface area (Å²) < 4.78 is 0. The average molecular weight is 292 g/mol. The molecule has 20 heavy (non-hydrogen) atoms. The molecule has 102 valence electrons. The van der Waals surface area contributed by atoms with Crippen LogP contribution < -0.4 is 10.6 Å². The zero-order valence-corrected chi connectivity index (χ0v) is 10.7. The van der Waals surface area contributed by atoms with Crippen LogP contribution in [0.4, 0.5) is 10.5 Å². The van der Waals surface area contributed by atoms with Gasteiger partial charge in [0.2, 0.25) is 5.91 Å². The zero-order valence-electron chi connectivity index (χ0n) is 9.88. The quantitative estimate of drug-likeness (QED) is 0.721. The lowest BCUT2D eigenvalue weighted by Crippen LogP contribution is -2.18. The Kier molecular flexibility index (Phi) is 3.85. The minimum absolute atomic E-state index is 0.00894. The van der Waals surface area contributed by atoms with Gasteiger partial charge in [0.15, 0.2) is 0 Å². The summed E-state index contributed by atoms with van der Waals surface area (Å²) in [6.07, 6.45) is 1.01. The lowest BCUT2D eigenvalue weighted by Gasteiger charge is -2.02. The van der Waals surface area contributed by atoms with Crippen LogP contribution in [0.25, 0.3) is 0 Å². The van der Waals surface area contributed by atoms with E-state index in [1.165, 1.54) is 24.3 Å². The smallest absolute Gasteiger partial charge is 0.335 e. The number of amides is 3. The first-order valence-corrected chi connectivity index (χ1v) is 6.16. The lowest BCUT2D eigenvalue weighted by atomic mass is 10.2. The molecule has 1 aromatic rings. The van der Waals surface area contributed by atoms with E-state index in [0.29, 0.717) is 17.4 Å². The van der Waals surface area contributed by atoms with Crippen LogP contribution in [0.3, 0.4) is 0 Å². The highest BCUT2D eigenvalue weighted by molar-refractivity contribution is 8.18. The van der Waals surface area contributed by atoms with Crippen molar-refractivity contribution in [2.24, 2.45) is 0 Å². The molecule has 0 spiro atoms. The Hall–Kier alpha value is -2.61. The highest BCUT2D eigenvalue weighted by Crippen LogP contribution is 2.22. The normalized spacial score (nSPS) is 16.1. The van der Waals surface area contributed by atoms with Gasteiger partial charge in [-0.05, 0) is 36.0 Å². The zero-order chi connectivity index (χ0) is 14.7. The van der Waals surface area contributed by atoms with E-state index >= 15 is 0 Å². The van der Waals surface area contributed by atoms with E-state index in [0.717, 1.165) is 6.08 Å². The third-order valence-electron chi connectivity index (χ3n) is 2.30. The number of anilines is 1. The number of hydrogen-bond acceptors (Lipinski definition) is 5. The van der Waals surface area contributed by atoms with Crippen molar-refractivity contribution < 1.29 is 24.3 Å². The van der Waals surface area contributed by atoms with E-state index in [9.17, 15) is 19.2 Å². The number of carboxylic acids is 1. The Balaban J connectivity index is 2.05. The van der Waals surface area contributed by atoms with Crippen molar-refractivity contribution in [3.63, 3.8) is 0 Å². The third-order valence-corrected chi connectivity index (χ3v) is 3.11. The number of nitrogens with one attached hydrogen (secondary N) is 2. The van der Waals surface area contributed by atoms with Crippen LogP contribution >= 0.6 is 11.8 Å². The SMILES string of the molecule is O=C(/C=C1/SC(=O)NC1=O)Nc1ccc(C(=O)O)cc1. The molecule has 3 amide bonds. The van der Waals surface area contributed by atoms with Gasteiger partial charge in [-0.2, -0.15) is 0 Å². The number of carbonyl (C=O) groups is 4. The van der Waals surface area contributed by atoms with Crippen LogP contribution in [0.5, 0.6) is 0 Å². The molecule has 1 aromatic carbocycles. The van der Waals surface area contributed by atoms with Crippen molar-refractivity contribution in [1.82, 2.24) is 5.32 Å². The second-order valence-electron chi connectivity index (χ2n) is 3.72. The van der Waals surface area contributed by atoms with Crippen molar-refractivity contribution in [2.75, 3.05) is 5.32 Å². The highest BCUT2D eigenvalue weighted by atomic mass is 32.2. The molecule has 0 atom stereocenters. The highest BCUT2D eigenvalue weighted by Gasteiger charge is 2.25. The fourth-order valence-electron chi connectivity index (χ4n) is 1.41. The summed E-state index contributed by atoms with van der Waals surface area (Å²) in [5.41, 5.74) is 0.476. The van der Waals surface area contributed by atoms with Crippen LogP contribution in [-0.4, -0.2) is 28.1 Å². The fourth-order valence-corrected chi connectivity index (χ4v) is 2.07. The van der Waals surface area contributed by atoms with Crippen molar-refractivity contribution in [3.05, 3.63) is 40.8 Å². The van der Waals surface area contributed by atoms with E-state index in [2.05, 4.69) is 5.32 Å². The predicted molar refractivity (Wildman–Crippen MR) is 71.2 cm³/mol. The molecule has 0 aromatic heterocycles. The van der Waals surface area contributed by atoms with E-state index in [1.807, 2.05) is 5.32 Å². The maximum atomic E-state index is 11.6. The number of rotatable bonds is 3. The van der Waals surface area contributed by atoms with Gasteiger partial charge in [0, 0.05) is 11.8 Å². The number of carboxylic acid groups (broad SMARTS) is 1. The van der Waals surface area contributed by atoms with Crippen molar-refractivity contribution in [1.29, 1.82) is 0 Å². The molecule has 1 aliphatic rings. The molecule has 0 saturated carbocycles. The molecule has 8 heteroatoms. The molecule has 0 bridgehead atoms. The van der Waals surface area contributed by atoms with E-state index in [1.54, 1.807) is 0 Å². The summed E-state index contributed by atoms with van der Waals surface area (Å²) in [5.74, 6) is -2.26. The van der Waals surface area contributed by atoms with Gasteiger partial charge in [-0.25, -0.2) is 4.79 Å². The molecule has 1 saturated heterocycles. The molecular weight excluding hydrogens is 284 g/mol. The predicted octanol–water partition coefficient (Wildman–Crippen LogP) is 1.19. The molecule has 1 aliphatic heterocycles. The maximum absolute atomic E-state index is 11.6. The van der Waals surface area contributed by atoms with Crippen LogP contribution in [0.2, 0.25) is 0 Å². The van der Waals surface area contributed by atoms with Crippen LogP contribution in [0.1, 0.15) is 10.4 Å². The Morgan fingerprint density at radius 2 is 1.85 bits per heavy atom. The number of aromatic carboxylic acids is 1. The summed E-state index contributed by atoms with van der Waals surface area (Å²) in [4.78, 5) is 44.4. The first-order chi connectivity index (χ1) is 9.45. The second-order valence-corrected chi connectivity index (χ2v) is 4.74. The Morgan fingerprint density at radius 3 is 2.35 bits per heavy atom. The van der Waals surface area contributed by atoms with Crippen molar-refractivity contribution in [3.8, 4) is 0 Å².